The summed E-state index contributed by atoms with van der Waals surface area (Å²) in [5.41, 5.74) is 8.44. The summed E-state index contributed by atoms with van der Waals surface area (Å²) in [4.78, 5) is 26.6. The monoisotopic (exact) mass is 253 g/mol. The lowest BCUT2D eigenvalue weighted by molar-refractivity contribution is -0.143. The number of nitrogens with zero attached hydrogens (tertiary/aromatic N) is 1. The number of nitrogens with two attached hydrogens (primary N) is 1. The van der Waals surface area contributed by atoms with Crippen molar-refractivity contribution in [2.75, 3.05) is 12.3 Å². The number of ether oxygens (including phenoxy) is 1. The second kappa shape index (κ2) is 5.76. The van der Waals surface area contributed by atoms with Crippen LogP contribution in [0, 0.1) is 6.92 Å². The molecule has 1 aromatic carbocycles. The third kappa shape index (κ3) is 3.55. The molecule has 3 N–H and O–H groups in total. The number of benzene rings is 1. The number of urea groups is 1. The van der Waals surface area contributed by atoms with Crippen molar-refractivity contribution in [2.24, 2.45) is 5.73 Å². The van der Waals surface area contributed by atoms with E-state index >= 15 is 0 Å². The molecule has 1 rings (SSSR count). The predicted molar refractivity (Wildman–Crippen MR) is 64.7 cm³/mol. The van der Waals surface area contributed by atoms with Gasteiger partial charge in [-0.05, 0) is 30.7 Å². The van der Waals surface area contributed by atoms with Crippen LogP contribution in [0.3, 0.4) is 0 Å². The molecule has 0 saturated heterocycles. The Kier molecular flexibility index (Phi) is 4.36. The predicted octanol–water partition coefficient (Wildman–Crippen LogP) is 0.871. The van der Waals surface area contributed by atoms with E-state index in [1.54, 1.807) is 25.3 Å². The van der Waals surface area contributed by atoms with E-state index in [4.69, 9.17) is 15.3 Å². The highest BCUT2D eigenvalue weighted by molar-refractivity contribution is 5.75. The fourth-order valence-corrected chi connectivity index (χ4v) is 1.36. The van der Waals surface area contributed by atoms with Crippen LogP contribution < -0.4 is 21.1 Å². The SMILES string of the molecule is COc1ccc(N(NC(N)=O)OC(C)=O)cc1C. The van der Waals surface area contributed by atoms with E-state index in [0.717, 1.165) is 10.7 Å². The van der Waals surface area contributed by atoms with Gasteiger partial charge in [0.1, 0.15) is 11.4 Å². The summed E-state index contributed by atoms with van der Waals surface area (Å²) in [6, 6.07) is 4.14. The van der Waals surface area contributed by atoms with Crippen LogP contribution in [0.15, 0.2) is 18.2 Å². The summed E-state index contributed by atoms with van der Waals surface area (Å²) < 4.78 is 5.10. The van der Waals surface area contributed by atoms with Crippen LogP contribution in [0.1, 0.15) is 12.5 Å². The Morgan fingerprint density at radius 3 is 2.50 bits per heavy atom. The summed E-state index contributed by atoms with van der Waals surface area (Å²) >= 11 is 0. The lowest BCUT2D eigenvalue weighted by atomic mass is 10.2. The van der Waals surface area contributed by atoms with Gasteiger partial charge >= 0.3 is 12.0 Å². The van der Waals surface area contributed by atoms with Crippen molar-refractivity contribution in [3.63, 3.8) is 0 Å². The average molecular weight is 253 g/mol. The summed E-state index contributed by atoms with van der Waals surface area (Å²) in [6.45, 7) is 3.03. The molecule has 0 aliphatic rings. The molecule has 0 radical (unpaired) electrons. The quantitative estimate of drug-likeness (QED) is 0.776. The lowest BCUT2D eigenvalue weighted by Crippen LogP contribution is -2.46. The first kappa shape index (κ1) is 13.6. The van der Waals surface area contributed by atoms with Crippen molar-refractivity contribution in [3.05, 3.63) is 23.8 Å². The number of hydrogen-bond donors (Lipinski definition) is 2. The van der Waals surface area contributed by atoms with Crippen LogP contribution in [-0.4, -0.2) is 19.1 Å². The first-order valence-electron chi connectivity index (χ1n) is 5.13. The molecular formula is C11H15N3O4. The fourth-order valence-electron chi connectivity index (χ4n) is 1.36. The number of carbonyl (C=O) groups excluding carboxylic acids is 2. The number of carbonyl (C=O) groups is 2. The third-order valence-electron chi connectivity index (χ3n) is 2.04. The van der Waals surface area contributed by atoms with E-state index in [1.165, 1.54) is 6.92 Å². The van der Waals surface area contributed by atoms with Gasteiger partial charge in [-0.15, -0.1) is 5.17 Å². The highest BCUT2D eigenvalue weighted by Crippen LogP contribution is 2.23. The smallest absolute Gasteiger partial charge is 0.333 e. The number of nitrogens with one attached hydrogen (secondary N) is 1. The first-order valence-corrected chi connectivity index (χ1v) is 5.13. The Morgan fingerprint density at radius 2 is 2.06 bits per heavy atom. The molecule has 1 aromatic rings. The van der Waals surface area contributed by atoms with Gasteiger partial charge in [-0.2, -0.15) is 0 Å². The Labute approximate surface area is 104 Å². The van der Waals surface area contributed by atoms with E-state index < -0.39 is 12.0 Å². The molecule has 0 bridgehead atoms. The third-order valence-corrected chi connectivity index (χ3v) is 2.04. The van der Waals surface area contributed by atoms with Crippen molar-refractivity contribution >= 4 is 17.7 Å². The minimum atomic E-state index is -0.843. The molecule has 7 nitrogen and oxygen atoms in total. The van der Waals surface area contributed by atoms with Gasteiger partial charge < -0.3 is 15.3 Å². The van der Waals surface area contributed by atoms with E-state index in [2.05, 4.69) is 5.43 Å². The molecule has 0 heterocycles. The summed E-state index contributed by atoms with van der Waals surface area (Å²) in [5.74, 6) is 0.0952. The van der Waals surface area contributed by atoms with Crippen LogP contribution in [0.25, 0.3) is 0 Å². The highest BCUT2D eigenvalue weighted by Gasteiger charge is 2.13. The molecule has 0 unspecified atom stereocenters. The second-order valence-corrected chi connectivity index (χ2v) is 3.51. The van der Waals surface area contributed by atoms with Crippen molar-refractivity contribution in [3.8, 4) is 5.75 Å². The van der Waals surface area contributed by atoms with E-state index in [0.29, 0.717) is 11.4 Å². The van der Waals surface area contributed by atoms with Crippen LogP contribution >= 0.6 is 0 Å². The van der Waals surface area contributed by atoms with Crippen molar-refractivity contribution in [2.45, 2.75) is 13.8 Å². The standard InChI is InChI=1S/C11H15N3O4/c1-7-6-9(4-5-10(7)17-3)14(13-11(12)16)18-8(2)15/h4-6H,1-3H3,(H3,12,13,16). The van der Waals surface area contributed by atoms with Crippen molar-refractivity contribution < 1.29 is 19.2 Å². The molecule has 98 valence electrons. The van der Waals surface area contributed by atoms with Gasteiger partial charge in [0.15, 0.2) is 0 Å². The van der Waals surface area contributed by atoms with Gasteiger partial charge in [-0.1, -0.05) is 0 Å². The van der Waals surface area contributed by atoms with Gasteiger partial charge in [-0.25, -0.2) is 15.0 Å². The zero-order valence-electron chi connectivity index (χ0n) is 10.4. The molecule has 18 heavy (non-hydrogen) atoms. The van der Waals surface area contributed by atoms with Crippen molar-refractivity contribution in [1.82, 2.24) is 5.43 Å². The second-order valence-electron chi connectivity index (χ2n) is 3.51. The van der Waals surface area contributed by atoms with Gasteiger partial charge in [0.25, 0.3) is 0 Å². The molecule has 0 spiro atoms. The fraction of sp³-hybridized carbons (Fsp3) is 0.273. The Morgan fingerprint density at radius 1 is 1.39 bits per heavy atom. The van der Waals surface area contributed by atoms with Gasteiger partial charge in [0.2, 0.25) is 0 Å². The number of methoxy groups -OCH3 is 1. The van der Waals surface area contributed by atoms with Crippen LogP contribution in [-0.2, 0) is 9.63 Å². The number of hydrogen-bond acceptors (Lipinski definition) is 5. The number of anilines is 1. The molecule has 0 fully saturated rings. The van der Waals surface area contributed by atoms with Gasteiger partial charge in [-0.3, -0.25) is 0 Å². The molecule has 7 heteroatoms. The maximum Gasteiger partial charge on any atom is 0.333 e. The molecule has 2 amide bonds. The average Bonchev–Trinajstić information content (AvgIpc) is 2.26. The Hall–Kier alpha value is -2.44. The van der Waals surface area contributed by atoms with E-state index in [-0.39, 0.29) is 0 Å². The van der Waals surface area contributed by atoms with Gasteiger partial charge in [0, 0.05) is 6.92 Å². The topological polar surface area (TPSA) is 93.9 Å². The molecule has 0 aliphatic heterocycles. The normalized spacial score (nSPS) is 9.50. The number of amides is 2. The molecular weight excluding hydrogens is 238 g/mol. The minimum Gasteiger partial charge on any atom is -0.496 e. The Balaban J connectivity index is 3.00. The van der Waals surface area contributed by atoms with Crippen LogP contribution in [0.2, 0.25) is 0 Å². The van der Waals surface area contributed by atoms with Crippen molar-refractivity contribution in [1.29, 1.82) is 0 Å². The number of primary amides is 1. The Bertz CT molecular complexity index is 446. The summed E-state index contributed by atoms with van der Waals surface area (Å²) in [5, 5.41) is 0.900. The number of rotatable bonds is 4. The van der Waals surface area contributed by atoms with Crippen LogP contribution in [0.4, 0.5) is 10.5 Å². The maximum absolute atomic E-state index is 10.9. The number of hydrazine groups is 1. The summed E-state index contributed by atoms with van der Waals surface area (Å²) in [7, 11) is 1.55. The molecule has 0 aromatic heterocycles. The maximum atomic E-state index is 10.9. The largest absolute Gasteiger partial charge is 0.496 e. The first-order chi connectivity index (χ1) is 8.43. The minimum absolute atomic E-state index is 0.447. The highest BCUT2D eigenvalue weighted by atomic mass is 16.7. The van der Waals surface area contributed by atoms with Gasteiger partial charge in [0.05, 0.1) is 7.11 Å². The molecule has 0 atom stereocenters. The van der Waals surface area contributed by atoms with Crippen LogP contribution in [0.5, 0.6) is 5.75 Å². The number of aryl methyl sites for hydroxylation is 1. The molecule has 0 aliphatic carbocycles. The summed E-state index contributed by atoms with van der Waals surface area (Å²) in [6.07, 6.45) is 0. The molecule has 0 saturated carbocycles. The zero-order chi connectivity index (χ0) is 13.7. The zero-order valence-corrected chi connectivity index (χ0v) is 10.4. The van der Waals surface area contributed by atoms with E-state index in [1.807, 2.05) is 6.92 Å². The lowest BCUT2D eigenvalue weighted by Gasteiger charge is -2.22. The van der Waals surface area contributed by atoms with E-state index in [9.17, 15) is 9.59 Å².